The van der Waals surface area contributed by atoms with Crippen molar-refractivity contribution in [3.8, 4) is 11.5 Å². The smallest absolute Gasteiger partial charge is 0.322 e. The summed E-state index contributed by atoms with van der Waals surface area (Å²) in [5.74, 6) is 0.951. The Morgan fingerprint density at radius 1 is 1.13 bits per heavy atom. The molecule has 3 heterocycles. The van der Waals surface area contributed by atoms with Gasteiger partial charge in [0, 0.05) is 37.5 Å². The van der Waals surface area contributed by atoms with Crippen molar-refractivity contribution in [2.75, 3.05) is 34.4 Å². The standard InChI is InChI=1S/C22H24N4O4/c1-25-16-13-26(12-10-14-7-4-5-11-23-14)21(27)18(16)19(24-22(25)28)15-8-6-9-17(29-2)20(15)30-3/h4-9,11,19H,10,12-13H2,1-3H3,(H,24,28)/t19-/m0/s1. The number of aromatic nitrogens is 1. The number of likely N-dealkylation sites (N-methyl/N-ethyl adjacent to an activating group) is 1. The normalized spacial score (nSPS) is 18.4. The first-order chi connectivity index (χ1) is 14.5. The van der Waals surface area contributed by atoms with E-state index in [1.807, 2.05) is 30.3 Å². The molecule has 0 radical (unpaired) electrons. The third kappa shape index (κ3) is 3.34. The molecule has 4 rings (SSSR count). The van der Waals surface area contributed by atoms with Gasteiger partial charge in [0.15, 0.2) is 11.5 Å². The lowest BCUT2D eigenvalue weighted by Crippen LogP contribution is -2.45. The van der Waals surface area contributed by atoms with E-state index in [-0.39, 0.29) is 11.9 Å². The molecular weight excluding hydrogens is 384 g/mol. The van der Waals surface area contributed by atoms with Gasteiger partial charge < -0.3 is 19.7 Å². The number of hydrogen-bond donors (Lipinski definition) is 1. The van der Waals surface area contributed by atoms with Crippen molar-refractivity contribution in [1.29, 1.82) is 0 Å². The van der Waals surface area contributed by atoms with Crippen LogP contribution in [0.15, 0.2) is 53.9 Å². The first kappa shape index (κ1) is 19.8. The number of carbonyl (C=O) groups excluding carboxylic acids is 2. The average molecular weight is 408 g/mol. The Morgan fingerprint density at radius 3 is 2.67 bits per heavy atom. The molecule has 2 aromatic rings. The number of urea groups is 1. The predicted molar refractivity (Wildman–Crippen MR) is 110 cm³/mol. The van der Waals surface area contributed by atoms with Gasteiger partial charge in [0.1, 0.15) is 0 Å². The molecule has 2 aliphatic rings. The zero-order valence-corrected chi connectivity index (χ0v) is 17.2. The summed E-state index contributed by atoms with van der Waals surface area (Å²) in [5, 5.41) is 2.94. The number of hydrogen-bond acceptors (Lipinski definition) is 5. The first-order valence-corrected chi connectivity index (χ1v) is 9.72. The average Bonchev–Trinajstić information content (AvgIpc) is 3.11. The topological polar surface area (TPSA) is 84.0 Å². The fourth-order valence-electron chi connectivity index (χ4n) is 3.97. The molecule has 0 fully saturated rings. The minimum atomic E-state index is -0.610. The third-order valence-corrected chi connectivity index (χ3v) is 5.54. The summed E-state index contributed by atoms with van der Waals surface area (Å²) in [6.07, 6.45) is 2.39. The second-order valence-electron chi connectivity index (χ2n) is 7.18. The van der Waals surface area contributed by atoms with E-state index in [9.17, 15) is 9.59 Å². The van der Waals surface area contributed by atoms with Crippen molar-refractivity contribution >= 4 is 11.9 Å². The Hall–Kier alpha value is -3.55. The molecule has 30 heavy (non-hydrogen) atoms. The highest BCUT2D eigenvalue weighted by atomic mass is 16.5. The molecule has 3 amide bonds. The molecule has 1 N–H and O–H groups in total. The van der Waals surface area contributed by atoms with Crippen LogP contribution in [0.3, 0.4) is 0 Å². The number of benzene rings is 1. The van der Waals surface area contributed by atoms with Gasteiger partial charge >= 0.3 is 6.03 Å². The SMILES string of the molecule is COc1cccc([C@@H]2NC(=O)N(C)C3=C2C(=O)N(CCc2ccccn2)C3)c1OC. The Labute approximate surface area is 175 Å². The molecule has 0 saturated carbocycles. The van der Waals surface area contributed by atoms with Gasteiger partial charge in [-0.1, -0.05) is 18.2 Å². The number of para-hydroxylation sites is 1. The van der Waals surface area contributed by atoms with Crippen molar-refractivity contribution in [2.24, 2.45) is 0 Å². The molecule has 1 aromatic heterocycles. The van der Waals surface area contributed by atoms with Crippen LogP contribution in [-0.2, 0) is 11.2 Å². The molecule has 2 aliphatic heterocycles. The van der Waals surface area contributed by atoms with E-state index in [1.54, 1.807) is 38.4 Å². The van der Waals surface area contributed by atoms with Crippen LogP contribution in [0.25, 0.3) is 0 Å². The molecular formula is C22H24N4O4. The lowest BCUT2D eigenvalue weighted by molar-refractivity contribution is -0.125. The number of rotatable bonds is 6. The van der Waals surface area contributed by atoms with Crippen LogP contribution in [0.5, 0.6) is 11.5 Å². The quantitative estimate of drug-likeness (QED) is 0.792. The summed E-state index contributed by atoms with van der Waals surface area (Å²) in [6, 6.07) is 10.3. The van der Waals surface area contributed by atoms with Crippen LogP contribution in [0, 0.1) is 0 Å². The van der Waals surface area contributed by atoms with Crippen LogP contribution >= 0.6 is 0 Å². The van der Waals surface area contributed by atoms with E-state index in [0.717, 1.165) is 5.69 Å². The molecule has 0 spiro atoms. The Bertz CT molecular complexity index is 1010. The maximum absolute atomic E-state index is 13.3. The van der Waals surface area contributed by atoms with E-state index in [1.165, 1.54) is 4.90 Å². The van der Waals surface area contributed by atoms with Crippen molar-refractivity contribution in [3.05, 3.63) is 65.1 Å². The Balaban J connectivity index is 1.66. The van der Waals surface area contributed by atoms with Crippen LogP contribution < -0.4 is 14.8 Å². The van der Waals surface area contributed by atoms with Crippen molar-refractivity contribution in [3.63, 3.8) is 0 Å². The van der Waals surface area contributed by atoms with E-state index in [2.05, 4.69) is 10.3 Å². The number of carbonyl (C=O) groups is 2. The third-order valence-electron chi connectivity index (χ3n) is 5.54. The number of nitrogens with one attached hydrogen (secondary N) is 1. The molecule has 0 bridgehead atoms. The second kappa shape index (κ2) is 8.06. The van der Waals surface area contributed by atoms with Crippen LogP contribution in [0.2, 0.25) is 0 Å². The van der Waals surface area contributed by atoms with Crippen LogP contribution in [-0.4, -0.2) is 61.1 Å². The monoisotopic (exact) mass is 408 g/mol. The maximum atomic E-state index is 13.3. The Kier molecular flexibility index (Phi) is 5.31. The lowest BCUT2D eigenvalue weighted by atomic mass is 9.94. The van der Waals surface area contributed by atoms with Crippen molar-refractivity contribution in [2.45, 2.75) is 12.5 Å². The summed E-state index contributed by atoms with van der Waals surface area (Å²) in [4.78, 5) is 33.6. The van der Waals surface area contributed by atoms with Crippen LogP contribution in [0.1, 0.15) is 17.3 Å². The zero-order chi connectivity index (χ0) is 21.3. The highest BCUT2D eigenvalue weighted by Crippen LogP contribution is 2.42. The number of ether oxygens (including phenoxy) is 2. The number of nitrogens with zero attached hydrogens (tertiary/aromatic N) is 3. The molecule has 0 aliphatic carbocycles. The summed E-state index contributed by atoms with van der Waals surface area (Å²) in [7, 11) is 4.78. The summed E-state index contributed by atoms with van der Waals surface area (Å²) < 4.78 is 10.9. The molecule has 0 saturated heterocycles. The molecule has 8 heteroatoms. The minimum absolute atomic E-state index is 0.0948. The van der Waals surface area contributed by atoms with Gasteiger partial charge in [0.05, 0.1) is 38.1 Å². The maximum Gasteiger partial charge on any atom is 0.322 e. The molecule has 1 atom stereocenters. The fraction of sp³-hybridized carbons (Fsp3) is 0.318. The van der Waals surface area contributed by atoms with E-state index in [4.69, 9.17) is 9.47 Å². The summed E-state index contributed by atoms with van der Waals surface area (Å²) in [5.41, 5.74) is 2.87. The first-order valence-electron chi connectivity index (χ1n) is 9.72. The summed E-state index contributed by atoms with van der Waals surface area (Å²) >= 11 is 0. The lowest BCUT2D eigenvalue weighted by Gasteiger charge is -2.31. The van der Waals surface area contributed by atoms with E-state index < -0.39 is 6.04 Å². The minimum Gasteiger partial charge on any atom is -0.493 e. The van der Waals surface area contributed by atoms with Gasteiger partial charge in [-0.3, -0.25) is 14.7 Å². The molecule has 0 unspecified atom stereocenters. The van der Waals surface area contributed by atoms with Crippen LogP contribution in [0.4, 0.5) is 4.79 Å². The molecule has 1 aromatic carbocycles. The van der Waals surface area contributed by atoms with Gasteiger partial charge in [-0.2, -0.15) is 0 Å². The summed E-state index contributed by atoms with van der Waals surface area (Å²) in [6.45, 7) is 0.903. The van der Waals surface area contributed by atoms with E-state index in [0.29, 0.717) is 47.8 Å². The number of pyridine rings is 1. The number of methoxy groups -OCH3 is 2. The predicted octanol–water partition coefficient (Wildman–Crippen LogP) is 2.13. The van der Waals surface area contributed by atoms with Gasteiger partial charge in [-0.05, 0) is 18.2 Å². The zero-order valence-electron chi connectivity index (χ0n) is 17.2. The fourth-order valence-corrected chi connectivity index (χ4v) is 3.97. The van der Waals surface area contributed by atoms with Crippen molar-refractivity contribution in [1.82, 2.24) is 20.1 Å². The Morgan fingerprint density at radius 2 is 1.97 bits per heavy atom. The van der Waals surface area contributed by atoms with Gasteiger partial charge in [0.25, 0.3) is 5.91 Å². The molecule has 156 valence electrons. The van der Waals surface area contributed by atoms with Gasteiger partial charge in [-0.25, -0.2) is 4.79 Å². The highest BCUT2D eigenvalue weighted by Gasteiger charge is 2.43. The van der Waals surface area contributed by atoms with Gasteiger partial charge in [-0.15, -0.1) is 0 Å². The van der Waals surface area contributed by atoms with Gasteiger partial charge in [0.2, 0.25) is 0 Å². The highest BCUT2D eigenvalue weighted by molar-refractivity contribution is 6.01. The molecule has 8 nitrogen and oxygen atoms in total. The largest absolute Gasteiger partial charge is 0.493 e. The second-order valence-corrected chi connectivity index (χ2v) is 7.18. The van der Waals surface area contributed by atoms with E-state index >= 15 is 0 Å². The van der Waals surface area contributed by atoms with Crippen molar-refractivity contribution < 1.29 is 19.1 Å². The number of amides is 3.